The van der Waals surface area contributed by atoms with Crippen molar-refractivity contribution < 1.29 is 0 Å². The minimum atomic E-state index is -1.35. The Bertz CT molecular complexity index is 236. The second-order valence-corrected chi connectivity index (χ2v) is 18.5. The van der Waals surface area contributed by atoms with E-state index in [0.29, 0.717) is 0 Å². The number of hydrogen-bond donors (Lipinski definition) is 0. The molecule has 0 aromatic rings. The van der Waals surface area contributed by atoms with Gasteiger partial charge in [-0.05, 0) is 13.8 Å². The Labute approximate surface area is 78.6 Å². The molecule has 0 radical (unpaired) electrons. The lowest BCUT2D eigenvalue weighted by Gasteiger charge is -2.28. The summed E-state index contributed by atoms with van der Waals surface area (Å²) in [6.45, 7) is 13.2. The van der Waals surface area contributed by atoms with Crippen LogP contribution in [0.4, 0.5) is 0 Å². The maximum atomic E-state index is 3.40. The smallest absolute Gasteiger partial charge is 0.134 e. The van der Waals surface area contributed by atoms with Gasteiger partial charge in [-0.3, -0.25) is 0 Å². The third kappa shape index (κ3) is 2.55. The van der Waals surface area contributed by atoms with Gasteiger partial charge in [0.15, 0.2) is 0 Å². The molecule has 66 valence electrons. The van der Waals surface area contributed by atoms with E-state index in [0.717, 1.165) is 0 Å². The van der Waals surface area contributed by atoms with E-state index in [2.05, 4.69) is 49.1 Å². The lowest BCUT2D eigenvalue weighted by atomic mass is 10.8. The van der Waals surface area contributed by atoms with Gasteiger partial charge in [-0.25, -0.2) is 0 Å². The average molecular weight is 194 g/mol. The molecular weight excluding hydrogens is 176 g/mol. The van der Waals surface area contributed by atoms with E-state index in [9.17, 15) is 0 Å². The summed E-state index contributed by atoms with van der Waals surface area (Å²) in [6, 6.07) is 0. The predicted octanol–water partition coefficient (Wildman–Crippen LogP) is 2.61. The van der Waals surface area contributed by atoms with Crippen LogP contribution in [0.25, 0.3) is 0 Å². The largest absolute Gasteiger partial charge is 0.138 e. The van der Waals surface area contributed by atoms with Crippen LogP contribution in [-0.2, 0) is 0 Å². The van der Waals surface area contributed by atoms with Crippen molar-refractivity contribution in [3.63, 3.8) is 0 Å². The molecule has 0 N–H and O–H groups in total. The van der Waals surface area contributed by atoms with Crippen LogP contribution in [0.2, 0.25) is 26.2 Å². The highest BCUT2D eigenvalue weighted by Crippen LogP contribution is 2.16. The summed E-state index contributed by atoms with van der Waals surface area (Å²) >= 11 is 0. The first-order valence-electron chi connectivity index (χ1n) is 4.25. The van der Waals surface area contributed by atoms with Crippen LogP contribution in [-0.4, -0.2) is 15.2 Å². The summed E-state index contributed by atoms with van der Waals surface area (Å²) in [6.07, 6.45) is 0. The Hall–Kier alpha value is -0.446. The van der Waals surface area contributed by atoms with Crippen molar-refractivity contribution in [1.29, 1.82) is 0 Å². The van der Waals surface area contributed by atoms with Crippen molar-refractivity contribution in [2.75, 3.05) is 0 Å². The quantitative estimate of drug-likeness (QED) is 0.445. The monoisotopic (exact) mass is 194 g/mol. The van der Waals surface area contributed by atoms with Crippen molar-refractivity contribution in [3.05, 3.63) is 0 Å². The molecule has 0 saturated heterocycles. The highest BCUT2D eigenvalue weighted by molar-refractivity contribution is 7.46. The zero-order chi connectivity index (χ0) is 9.83. The lowest BCUT2D eigenvalue weighted by molar-refractivity contribution is 1.82. The summed E-state index contributed by atoms with van der Waals surface area (Å²) in [4.78, 5) is 0. The number of rotatable bonds is 1. The van der Waals surface area contributed by atoms with Gasteiger partial charge in [0.25, 0.3) is 0 Å². The van der Waals surface area contributed by atoms with Crippen LogP contribution in [0.5, 0.6) is 0 Å². The third-order valence-corrected chi connectivity index (χ3v) is 17.4. The fraction of sp³-hybridized carbons (Fsp3) is 0.600. The van der Waals surface area contributed by atoms with Crippen molar-refractivity contribution in [1.82, 2.24) is 0 Å². The highest BCUT2D eigenvalue weighted by atomic mass is 29.3. The standard InChI is InChI=1S/C10H18Si2/c1-7-9-11(3,4)12(5,6)10-8-2/h1-6H3. The van der Waals surface area contributed by atoms with Gasteiger partial charge < -0.3 is 0 Å². The molecule has 2 heteroatoms. The molecular formula is C10H18Si2. The Morgan fingerprint density at radius 3 is 1.08 bits per heavy atom. The molecule has 0 nitrogen and oxygen atoms in total. The summed E-state index contributed by atoms with van der Waals surface area (Å²) < 4.78 is 0. The van der Waals surface area contributed by atoms with E-state index < -0.39 is 15.2 Å². The highest BCUT2D eigenvalue weighted by Gasteiger charge is 2.39. The molecule has 0 heterocycles. The summed E-state index contributed by atoms with van der Waals surface area (Å²) in [5.74, 6) is 6.10. The molecule has 0 bridgehead atoms. The predicted molar refractivity (Wildman–Crippen MR) is 61.9 cm³/mol. The zero-order valence-electron chi connectivity index (χ0n) is 9.00. The molecule has 0 aliphatic rings. The van der Waals surface area contributed by atoms with E-state index in [1.807, 2.05) is 13.8 Å². The number of hydrogen-bond acceptors (Lipinski definition) is 0. The minimum Gasteiger partial charge on any atom is -0.134 e. The average Bonchev–Trinajstić information content (AvgIpc) is 1.86. The van der Waals surface area contributed by atoms with E-state index >= 15 is 0 Å². The van der Waals surface area contributed by atoms with Crippen LogP contribution < -0.4 is 0 Å². The van der Waals surface area contributed by atoms with E-state index in [1.165, 1.54) is 0 Å². The van der Waals surface area contributed by atoms with Crippen LogP contribution >= 0.6 is 0 Å². The molecule has 0 aromatic carbocycles. The van der Waals surface area contributed by atoms with Crippen LogP contribution in [0.3, 0.4) is 0 Å². The first-order chi connectivity index (χ1) is 5.37. The second-order valence-electron chi connectivity index (χ2n) is 4.00. The van der Waals surface area contributed by atoms with Crippen molar-refractivity contribution in [3.8, 4) is 22.9 Å². The van der Waals surface area contributed by atoms with E-state index in [-0.39, 0.29) is 0 Å². The summed E-state index contributed by atoms with van der Waals surface area (Å²) in [5.41, 5.74) is 6.79. The Balaban J connectivity index is 4.91. The van der Waals surface area contributed by atoms with Crippen molar-refractivity contribution in [2.24, 2.45) is 0 Å². The fourth-order valence-corrected chi connectivity index (χ4v) is 5.44. The Morgan fingerprint density at radius 1 is 0.667 bits per heavy atom. The second kappa shape index (κ2) is 3.98. The van der Waals surface area contributed by atoms with Gasteiger partial charge in [-0.1, -0.05) is 26.2 Å². The Morgan fingerprint density at radius 2 is 0.917 bits per heavy atom. The molecule has 0 saturated carbocycles. The maximum absolute atomic E-state index is 3.40. The van der Waals surface area contributed by atoms with Gasteiger partial charge in [0, 0.05) is 0 Å². The van der Waals surface area contributed by atoms with Crippen molar-refractivity contribution >= 4 is 15.2 Å². The summed E-state index contributed by atoms with van der Waals surface area (Å²) in [7, 11) is -2.70. The first kappa shape index (κ1) is 11.6. The van der Waals surface area contributed by atoms with Gasteiger partial charge in [0.2, 0.25) is 0 Å². The molecule has 12 heavy (non-hydrogen) atoms. The Kier molecular flexibility index (Phi) is 3.83. The lowest BCUT2D eigenvalue weighted by Crippen LogP contribution is -2.53. The van der Waals surface area contributed by atoms with Gasteiger partial charge in [0.1, 0.15) is 15.2 Å². The molecule has 0 atom stereocenters. The maximum Gasteiger partial charge on any atom is 0.138 e. The zero-order valence-corrected chi connectivity index (χ0v) is 11.0. The van der Waals surface area contributed by atoms with Crippen molar-refractivity contribution in [2.45, 2.75) is 40.0 Å². The molecule has 0 rings (SSSR count). The van der Waals surface area contributed by atoms with Gasteiger partial charge >= 0.3 is 0 Å². The van der Waals surface area contributed by atoms with E-state index in [4.69, 9.17) is 0 Å². The minimum absolute atomic E-state index is 1.35. The van der Waals surface area contributed by atoms with E-state index in [1.54, 1.807) is 0 Å². The van der Waals surface area contributed by atoms with Gasteiger partial charge in [-0.15, -0.1) is 22.9 Å². The van der Waals surface area contributed by atoms with Crippen LogP contribution in [0.15, 0.2) is 0 Å². The molecule has 0 fully saturated rings. The topological polar surface area (TPSA) is 0 Å². The fourth-order valence-electron chi connectivity index (χ4n) is 0.938. The molecule has 0 aliphatic heterocycles. The molecule has 0 aromatic heterocycles. The summed E-state index contributed by atoms with van der Waals surface area (Å²) in [5, 5.41) is 0. The molecule has 0 spiro atoms. The van der Waals surface area contributed by atoms with Gasteiger partial charge in [-0.2, -0.15) is 0 Å². The molecule has 0 unspecified atom stereocenters. The normalized spacial score (nSPS) is 10.8. The molecule has 0 amide bonds. The SMILES string of the molecule is CC#C[Si](C)(C)[Si](C)(C)C#CC. The first-order valence-corrected chi connectivity index (χ1v) is 11.2. The van der Waals surface area contributed by atoms with Crippen LogP contribution in [0.1, 0.15) is 13.8 Å². The van der Waals surface area contributed by atoms with Crippen LogP contribution in [0, 0.1) is 22.9 Å². The van der Waals surface area contributed by atoms with Gasteiger partial charge in [0.05, 0.1) is 0 Å². The third-order valence-electron chi connectivity index (χ3n) is 2.44. The molecule has 0 aliphatic carbocycles.